The first-order valence-corrected chi connectivity index (χ1v) is 8.41. The first kappa shape index (κ1) is 22.3. The molecule has 0 bridgehead atoms. The summed E-state index contributed by atoms with van der Waals surface area (Å²) in [6.45, 7) is 7.49. The average Bonchev–Trinajstić information content (AvgIpc) is 2.48. The summed E-state index contributed by atoms with van der Waals surface area (Å²) in [6, 6.07) is -2.56. The van der Waals surface area contributed by atoms with Crippen LogP contribution in [0.4, 0.5) is 0 Å². The molecular formula is C16H32N4O4. The molecule has 0 aromatic carbocycles. The fourth-order valence-corrected chi connectivity index (χ4v) is 2.19. The number of hydrogen-bond donors (Lipinski definition) is 5. The number of nitrogens with two attached hydrogens (primary N) is 2. The third-order valence-electron chi connectivity index (χ3n) is 3.78. The molecule has 0 aliphatic rings. The number of rotatable bonds is 11. The van der Waals surface area contributed by atoms with Crippen LogP contribution in [0, 0.1) is 11.8 Å². The van der Waals surface area contributed by atoms with E-state index < -0.39 is 35.9 Å². The summed E-state index contributed by atoms with van der Waals surface area (Å²) in [6.07, 6.45) is 2.00. The van der Waals surface area contributed by atoms with Gasteiger partial charge in [0.2, 0.25) is 11.8 Å². The van der Waals surface area contributed by atoms with Crippen LogP contribution in [-0.2, 0) is 14.4 Å². The number of aliphatic carboxylic acids is 1. The third-order valence-corrected chi connectivity index (χ3v) is 3.78. The lowest BCUT2D eigenvalue weighted by Gasteiger charge is -2.26. The molecule has 0 saturated carbocycles. The van der Waals surface area contributed by atoms with Gasteiger partial charge < -0.3 is 27.2 Å². The lowest BCUT2D eigenvalue weighted by molar-refractivity contribution is -0.143. The molecule has 0 aliphatic heterocycles. The number of carbonyl (C=O) groups excluding carboxylic acids is 2. The Bertz CT molecular complexity index is 426. The maximum absolute atomic E-state index is 12.4. The van der Waals surface area contributed by atoms with Crippen LogP contribution in [0.5, 0.6) is 0 Å². The van der Waals surface area contributed by atoms with Crippen LogP contribution in [0.2, 0.25) is 0 Å². The second-order valence-electron chi connectivity index (χ2n) is 6.69. The molecule has 8 heteroatoms. The number of nitrogens with one attached hydrogen (secondary N) is 2. The van der Waals surface area contributed by atoms with E-state index in [1.165, 1.54) is 0 Å². The van der Waals surface area contributed by atoms with E-state index in [2.05, 4.69) is 10.6 Å². The van der Waals surface area contributed by atoms with Gasteiger partial charge in [0.25, 0.3) is 0 Å². The molecule has 24 heavy (non-hydrogen) atoms. The summed E-state index contributed by atoms with van der Waals surface area (Å²) >= 11 is 0. The summed E-state index contributed by atoms with van der Waals surface area (Å²) in [7, 11) is 0. The summed E-state index contributed by atoms with van der Waals surface area (Å²) in [5.74, 6) is -2.52. The molecule has 7 N–H and O–H groups in total. The van der Waals surface area contributed by atoms with Gasteiger partial charge in [-0.3, -0.25) is 9.59 Å². The van der Waals surface area contributed by atoms with Crippen molar-refractivity contribution < 1.29 is 19.5 Å². The van der Waals surface area contributed by atoms with Crippen molar-refractivity contribution in [2.75, 3.05) is 6.54 Å². The van der Waals surface area contributed by atoms with Gasteiger partial charge in [0.1, 0.15) is 12.1 Å². The molecule has 0 aromatic rings. The van der Waals surface area contributed by atoms with Crippen LogP contribution in [0.15, 0.2) is 0 Å². The van der Waals surface area contributed by atoms with E-state index in [1.54, 1.807) is 27.7 Å². The van der Waals surface area contributed by atoms with E-state index in [-0.39, 0.29) is 11.8 Å². The Labute approximate surface area is 143 Å². The predicted octanol–water partition coefficient (Wildman–Crippen LogP) is -0.191. The van der Waals surface area contributed by atoms with Crippen LogP contribution in [-0.4, -0.2) is 47.6 Å². The molecule has 3 unspecified atom stereocenters. The molecule has 0 rings (SSSR count). The third kappa shape index (κ3) is 7.74. The lowest BCUT2D eigenvalue weighted by atomic mass is 9.99. The van der Waals surface area contributed by atoms with E-state index in [1.807, 2.05) is 0 Å². The average molecular weight is 344 g/mol. The van der Waals surface area contributed by atoms with Crippen molar-refractivity contribution in [3.05, 3.63) is 0 Å². The van der Waals surface area contributed by atoms with Crippen LogP contribution in [0.3, 0.4) is 0 Å². The Kier molecular flexibility index (Phi) is 10.2. The maximum atomic E-state index is 12.4. The van der Waals surface area contributed by atoms with Gasteiger partial charge in [-0.15, -0.1) is 0 Å². The van der Waals surface area contributed by atoms with E-state index in [9.17, 15) is 19.5 Å². The topological polar surface area (TPSA) is 148 Å². The Morgan fingerprint density at radius 3 is 1.83 bits per heavy atom. The smallest absolute Gasteiger partial charge is 0.326 e. The molecule has 140 valence electrons. The van der Waals surface area contributed by atoms with E-state index in [0.717, 1.165) is 12.8 Å². The fraction of sp³-hybridized carbons (Fsp3) is 0.812. The first-order valence-electron chi connectivity index (χ1n) is 8.41. The van der Waals surface area contributed by atoms with Gasteiger partial charge >= 0.3 is 5.97 Å². The second-order valence-corrected chi connectivity index (χ2v) is 6.69. The Morgan fingerprint density at radius 2 is 1.42 bits per heavy atom. The van der Waals surface area contributed by atoms with Gasteiger partial charge in [0.05, 0.1) is 6.04 Å². The SMILES string of the molecule is CC(C)C(NC(=O)C(NC(=O)C(N)CCCCN)C(C)C)C(=O)O. The predicted molar refractivity (Wildman–Crippen MR) is 92.1 cm³/mol. The molecule has 8 nitrogen and oxygen atoms in total. The number of carboxylic acid groups (broad SMARTS) is 1. The number of amides is 2. The summed E-state index contributed by atoms with van der Waals surface area (Å²) in [5.41, 5.74) is 11.2. The second kappa shape index (κ2) is 11.0. The van der Waals surface area contributed by atoms with E-state index in [4.69, 9.17) is 11.5 Å². The zero-order valence-corrected chi connectivity index (χ0v) is 15.0. The van der Waals surface area contributed by atoms with Crippen molar-refractivity contribution in [3.8, 4) is 0 Å². The minimum absolute atomic E-state index is 0.202. The molecule has 0 heterocycles. The van der Waals surface area contributed by atoms with Gasteiger partial charge in [-0.2, -0.15) is 0 Å². The Hall–Kier alpha value is -1.67. The van der Waals surface area contributed by atoms with Crippen LogP contribution in [0.25, 0.3) is 0 Å². The lowest BCUT2D eigenvalue weighted by Crippen LogP contribution is -2.57. The molecule has 2 amide bonds. The number of carbonyl (C=O) groups is 3. The molecule has 0 aromatic heterocycles. The Balaban J connectivity index is 4.81. The zero-order chi connectivity index (χ0) is 18.9. The molecule has 0 fully saturated rings. The fourth-order valence-electron chi connectivity index (χ4n) is 2.19. The van der Waals surface area contributed by atoms with Crippen molar-refractivity contribution >= 4 is 17.8 Å². The van der Waals surface area contributed by atoms with Crippen molar-refractivity contribution in [2.45, 2.75) is 65.1 Å². The van der Waals surface area contributed by atoms with Gasteiger partial charge in [-0.1, -0.05) is 34.1 Å². The number of carboxylic acids is 1. The maximum Gasteiger partial charge on any atom is 0.326 e. The van der Waals surface area contributed by atoms with Crippen LogP contribution in [0.1, 0.15) is 47.0 Å². The highest BCUT2D eigenvalue weighted by atomic mass is 16.4. The van der Waals surface area contributed by atoms with Crippen molar-refractivity contribution in [2.24, 2.45) is 23.3 Å². The van der Waals surface area contributed by atoms with E-state index in [0.29, 0.717) is 13.0 Å². The Morgan fingerprint density at radius 1 is 0.917 bits per heavy atom. The summed E-state index contributed by atoms with van der Waals surface area (Å²) in [5, 5.41) is 14.3. The standard InChI is InChI=1S/C16H32N4O4/c1-9(2)12(15(22)20-13(10(3)4)16(23)24)19-14(21)11(18)7-5-6-8-17/h9-13H,5-8,17-18H2,1-4H3,(H,19,21)(H,20,22)(H,23,24). The monoisotopic (exact) mass is 344 g/mol. The molecule has 0 aliphatic carbocycles. The van der Waals surface area contributed by atoms with Crippen molar-refractivity contribution in [1.29, 1.82) is 0 Å². The number of unbranched alkanes of at least 4 members (excludes halogenated alkanes) is 1. The van der Waals surface area contributed by atoms with Gasteiger partial charge in [-0.05, 0) is 31.2 Å². The molecule has 3 atom stereocenters. The minimum Gasteiger partial charge on any atom is -0.480 e. The zero-order valence-electron chi connectivity index (χ0n) is 15.0. The van der Waals surface area contributed by atoms with Crippen molar-refractivity contribution in [3.63, 3.8) is 0 Å². The largest absolute Gasteiger partial charge is 0.480 e. The molecule has 0 saturated heterocycles. The quantitative estimate of drug-likeness (QED) is 0.328. The highest BCUT2D eigenvalue weighted by Crippen LogP contribution is 2.07. The molecular weight excluding hydrogens is 312 g/mol. The van der Waals surface area contributed by atoms with Crippen LogP contribution < -0.4 is 22.1 Å². The van der Waals surface area contributed by atoms with Gasteiger partial charge in [0, 0.05) is 0 Å². The normalized spacial score (nSPS) is 15.0. The van der Waals surface area contributed by atoms with Gasteiger partial charge in [-0.25, -0.2) is 4.79 Å². The minimum atomic E-state index is -1.11. The highest BCUT2D eigenvalue weighted by molar-refractivity contribution is 5.91. The summed E-state index contributed by atoms with van der Waals surface area (Å²) in [4.78, 5) is 35.7. The molecule has 0 radical (unpaired) electrons. The summed E-state index contributed by atoms with van der Waals surface area (Å²) < 4.78 is 0. The van der Waals surface area contributed by atoms with Crippen LogP contribution >= 0.6 is 0 Å². The van der Waals surface area contributed by atoms with E-state index >= 15 is 0 Å². The first-order chi connectivity index (χ1) is 11.1. The number of hydrogen-bond acceptors (Lipinski definition) is 5. The van der Waals surface area contributed by atoms with Gasteiger partial charge in [0.15, 0.2) is 0 Å². The molecule has 0 spiro atoms. The highest BCUT2D eigenvalue weighted by Gasteiger charge is 2.30. The van der Waals surface area contributed by atoms with Crippen molar-refractivity contribution in [1.82, 2.24) is 10.6 Å².